The molecule has 0 radical (unpaired) electrons. The number of phenols is 1. The second-order valence-corrected chi connectivity index (χ2v) is 3.78. The fourth-order valence-corrected chi connectivity index (χ4v) is 2.03. The van der Waals surface area contributed by atoms with Gasteiger partial charge in [0, 0.05) is 18.5 Å². The minimum Gasteiger partial charge on any atom is -0.508 e. The van der Waals surface area contributed by atoms with Crippen LogP contribution < -0.4 is 5.32 Å². The highest BCUT2D eigenvalue weighted by atomic mass is 16.3. The minimum atomic E-state index is 0.171. The van der Waals surface area contributed by atoms with Crippen LogP contribution in [0.3, 0.4) is 0 Å². The number of hydrogen-bond acceptors (Lipinski definition) is 3. The summed E-state index contributed by atoms with van der Waals surface area (Å²) in [6, 6.07) is 7.59. The van der Waals surface area contributed by atoms with Crippen LogP contribution in [0.4, 0.5) is 0 Å². The molecule has 0 aromatic heterocycles. The van der Waals surface area contributed by atoms with E-state index in [0.29, 0.717) is 11.7 Å². The van der Waals surface area contributed by atoms with E-state index in [0.717, 1.165) is 18.5 Å². The lowest BCUT2D eigenvalue weighted by Gasteiger charge is -2.10. The van der Waals surface area contributed by atoms with Crippen LogP contribution in [-0.2, 0) is 0 Å². The molecule has 0 saturated carbocycles. The third kappa shape index (κ3) is 1.74. The molecule has 1 aromatic carbocycles. The van der Waals surface area contributed by atoms with Crippen molar-refractivity contribution in [2.45, 2.75) is 18.4 Å². The second kappa shape index (κ2) is 3.98. The van der Waals surface area contributed by atoms with Crippen LogP contribution in [0.15, 0.2) is 24.3 Å². The Balaban J connectivity index is 2.13. The summed E-state index contributed by atoms with van der Waals surface area (Å²) < 4.78 is 0. The van der Waals surface area contributed by atoms with E-state index >= 15 is 0 Å². The smallest absolute Gasteiger partial charge is 0.119 e. The van der Waals surface area contributed by atoms with Crippen molar-refractivity contribution in [3.63, 3.8) is 0 Å². The molecule has 1 saturated heterocycles. The summed E-state index contributed by atoms with van der Waals surface area (Å²) in [5, 5.41) is 21.8. The predicted octanol–water partition coefficient (Wildman–Crippen LogP) is 0.830. The summed E-state index contributed by atoms with van der Waals surface area (Å²) in [7, 11) is 0. The van der Waals surface area contributed by atoms with Crippen molar-refractivity contribution in [1.82, 2.24) is 5.32 Å². The molecule has 1 fully saturated rings. The highest BCUT2D eigenvalue weighted by molar-refractivity contribution is 5.35. The lowest BCUT2D eigenvalue weighted by atomic mass is 9.96. The summed E-state index contributed by atoms with van der Waals surface area (Å²) in [6.45, 7) is 1.01. The van der Waals surface area contributed by atoms with Gasteiger partial charge in [-0.3, -0.25) is 0 Å². The molecule has 1 heterocycles. The molecule has 3 N–H and O–H groups in total. The first-order valence-electron chi connectivity index (χ1n) is 4.93. The average Bonchev–Trinajstić information content (AvgIpc) is 2.67. The fraction of sp³-hybridized carbons (Fsp3) is 0.455. The highest BCUT2D eigenvalue weighted by Gasteiger charge is 2.25. The van der Waals surface area contributed by atoms with Gasteiger partial charge in [-0.05, 0) is 18.1 Å². The number of nitrogens with one attached hydrogen (secondary N) is 1. The number of hydrogen-bond donors (Lipinski definition) is 3. The van der Waals surface area contributed by atoms with E-state index in [9.17, 15) is 5.11 Å². The molecular formula is C11H15NO2. The van der Waals surface area contributed by atoms with Crippen molar-refractivity contribution in [3.8, 4) is 5.75 Å². The lowest BCUT2D eigenvalue weighted by Crippen LogP contribution is -2.24. The van der Waals surface area contributed by atoms with Gasteiger partial charge in [0.05, 0.1) is 6.61 Å². The zero-order valence-corrected chi connectivity index (χ0v) is 7.98. The van der Waals surface area contributed by atoms with Crippen LogP contribution in [0.2, 0.25) is 0 Å². The van der Waals surface area contributed by atoms with Crippen LogP contribution in [0.1, 0.15) is 17.9 Å². The topological polar surface area (TPSA) is 52.5 Å². The molecule has 0 aliphatic carbocycles. The molecule has 3 nitrogen and oxygen atoms in total. The molecular weight excluding hydrogens is 178 g/mol. The van der Waals surface area contributed by atoms with Gasteiger partial charge in [0.25, 0.3) is 0 Å². The number of aromatic hydroxyl groups is 1. The summed E-state index contributed by atoms with van der Waals surface area (Å²) >= 11 is 0. The van der Waals surface area contributed by atoms with E-state index in [1.807, 2.05) is 18.2 Å². The molecule has 2 atom stereocenters. The van der Waals surface area contributed by atoms with Gasteiger partial charge in [0.1, 0.15) is 5.75 Å². The third-order valence-corrected chi connectivity index (χ3v) is 2.82. The maximum Gasteiger partial charge on any atom is 0.119 e. The molecule has 1 aromatic rings. The lowest BCUT2D eigenvalue weighted by molar-refractivity contribution is 0.254. The van der Waals surface area contributed by atoms with Gasteiger partial charge < -0.3 is 15.5 Å². The van der Waals surface area contributed by atoms with Gasteiger partial charge in [-0.25, -0.2) is 0 Å². The maximum absolute atomic E-state index is 9.64. The Morgan fingerprint density at radius 3 is 2.79 bits per heavy atom. The summed E-state index contributed by atoms with van der Waals surface area (Å²) in [5.74, 6) is 0.686. The van der Waals surface area contributed by atoms with Gasteiger partial charge in [-0.15, -0.1) is 0 Å². The van der Waals surface area contributed by atoms with Gasteiger partial charge >= 0.3 is 0 Å². The van der Waals surface area contributed by atoms with Gasteiger partial charge in [0.2, 0.25) is 0 Å². The van der Waals surface area contributed by atoms with Crippen LogP contribution in [0.5, 0.6) is 5.75 Å². The Kier molecular flexibility index (Phi) is 2.70. The minimum absolute atomic E-state index is 0.171. The number of aliphatic hydroxyl groups is 1. The predicted molar refractivity (Wildman–Crippen MR) is 54.3 cm³/mol. The van der Waals surface area contributed by atoms with Crippen molar-refractivity contribution < 1.29 is 10.2 Å². The highest BCUT2D eigenvalue weighted by Crippen LogP contribution is 2.31. The standard InChI is InChI=1S/C11H15NO2/c13-7-9-5-8(6-12-9)10-3-1-2-4-11(10)14/h1-4,8-9,12-14H,5-7H2. The van der Waals surface area contributed by atoms with E-state index < -0.39 is 0 Å². The summed E-state index contributed by atoms with van der Waals surface area (Å²) in [4.78, 5) is 0. The second-order valence-electron chi connectivity index (χ2n) is 3.78. The molecule has 0 bridgehead atoms. The molecule has 76 valence electrons. The average molecular weight is 193 g/mol. The molecule has 1 aliphatic rings. The number of aliphatic hydroxyl groups excluding tert-OH is 1. The zero-order chi connectivity index (χ0) is 9.97. The monoisotopic (exact) mass is 193 g/mol. The van der Waals surface area contributed by atoms with Crippen LogP contribution in [0.25, 0.3) is 0 Å². The van der Waals surface area contributed by atoms with E-state index in [2.05, 4.69) is 5.32 Å². The van der Waals surface area contributed by atoms with Gasteiger partial charge in [-0.1, -0.05) is 18.2 Å². The molecule has 2 unspecified atom stereocenters. The molecule has 2 rings (SSSR count). The largest absolute Gasteiger partial charge is 0.508 e. The quantitative estimate of drug-likeness (QED) is 0.652. The summed E-state index contributed by atoms with van der Waals surface area (Å²) in [5.41, 5.74) is 0.982. The Labute approximate surface area is 83.4 Å². The first-order chi connectivity index (χ1) is 6.81. The van der Waals surface area contributed by atoms with Crippen molar-refractivity contribution in [2.75, 3.05) is 13.2 Å². The van der Waals surface area contributed by atoms with Crippen molar-refractivity contribution in [1.29, 1.82) is 0 Å². The van der Waals surface area contributed by atoms with Gasteiger partial charge in [-0.2, -0.15) is 0 Å². The first-order valence-corrected chi connectivity index (χ1v) is 4.93. The Bertz CT molecular complexity index is 314. The molecule has 14 heavy (non-hydrogen) atoms. The fourth-order valence-electron chi connectivity index (χ4n) is 2.03. The maximum atomic E-state index is 9.64. The normalized spacial score (nSPS) is 26.6. The molecule has 0 spiro atoms. The van der Waals surface area contributed by atoms with E-state index in [1.165, 1.54) is 0 Å². The Hall–Kier alpha value is -1.06. The third-order valence-electron chi connectivity index (χ3n) is 2.82. The van der Waals surface area contributed by atoms with Crippen LogP contribution in [-0.4, -0.2) is 29.4 Å². The van der Waals surface area contributed by atoms with Gasteiger partial charge in [0.15, 0.2) is 0 Å². The van der Waals surface area contributed by atoms with Crippen molar-refractivity contribution in [2.24, 2.45) is 0 Å². The van der Waals surface area contributed by atoms with Crippen LogP contribution >= 0.6 is 0 Å². The summed E-state index contributed by atoms with van der Waals surface area (Å²) in [6.07, 6.45) is 0.897. The van der Waals surface area contributed by atoms with E-state index in [-0.39, 0.29) is 12.6 Å². The van der Waals surface area contributed by atoms with E-state index in [4.69, 9.17) is 5.11 Å². The number of rotatable bonds is 2. The first kappa shape index (κ1) is 9.49. The molecule has 3 heteroatoms. The SMILES string of the molecule is OCC1CC(c2ccccc2O)CN1. The zero-order valence-electron chi connectivity index (χ0n) is 7.98. The van der Waals surface area contributed by atoms with Crippen LogP contribution in [0, 0.1) is 0 Å². The molecule has 1 aliphatic heterocycles. The number of phenolic OH excluding ortho intramolecular Hbond substituents is 1. The van der Waals surface area contributed by atoms with Crippen molar-refractivity contribution in [3.05, 3.63) is 29.8 Å². The number of para-hydroxylation sites is 1. The molecule has 0 amide bonds. The Morgan fingerprint density at radius 1 is 1.36 bits per heavy atom. The Morgan fingerprint density at radius 2 is 2.14 bits per heavy atom. The van der Waals surface area contributed by atoms with Crippen molar-refractivity contribution >= 4 is 0 Å². The number of benzene rings is 1. The van der Waals surface area contributed by atoms with E-state index in [1.54, 1.807) is 6.07 Å².